The van der Waals surface area contributed by atoms with Crippen LogP contribution in [0.25, 0.3) is 0 Å². The second-order valence-electron chi connectivity index (χ2n) is 7.15. The number of furan rings is 1. The van der Waals surface area contributed by atoms with Crippen molar-refractivity contribution >= 4 is 11.8 Å². The summed E-state index contributed by atoms with van der Waals surface area (Å²) in [5.74, 6) is 0.817. The largest absolute Gasteiger partial charge is 0.493 e. The fourth-order valence-corrected chi connectivity index (χ4v) is 3.82. The van der Waals surface area contributed by atoms with Crippen LogP contribution >= 0.6 is 0 Å². The molecule has 1 aliphatic rings. The van der Waals surface area contributed by atoms with Gasteiger partial charge in [0.15, 0.2) is 17.3 Å². The number of nitrogens with zero attached hydrogens (tertiary/aromatic N) is 1. The van der Waals surface area contributed by atoms with Crippen LogP contribution in [-0.4, -0.2) is 57.7 Å². The smallest absolute Gasteiger partial charge is 0.289 e. The molecule has 3 rings (SSSR count). The van der Waals surface area contributed by atoms with E-state index in [9.17, 15) is 9.59 Å². The Kier molecular flexibility index (Phi) is 6.87. The second kappa shape index (κ2) is 9.56. The van der Waals surface area contributed by atoms with Crippen molar-refractivity contribution in [3.05, 3.63) is 41.9 Å². The molecule has 8 heteroatoms. The predicted molar refractivity (Wildman–Crippen MR) is 110 cm³/mol. The standard InChI is InChI=1S/C22H28N2O6/c1-5-8-23-21(25)16-13-24(22(26)17-7-6-9-30-17)12-15(16)14-10-18(27-2)20(29-4)19(11-14)28-3/h6-7,9-11,15-16H,5,8,12-13H2,1-4H3,(H,23,25)/t15-,16+/m0/s1. The molecule has 2 aromatic rings. The van der Waals surface area contributed by atoms with E-state index in [1.165, 1.54) is 6.26 Å². The first-order valence-electron chi connectivity index (χ1n) is 9.94. The van der Waals surface area contributed by atoms with Crippen LogP contribution in [0.15, 0.2) is 34.9 Å². The maximum atomic E-state index is 12.9. The Labute approximate surface area is 176 Å². The van der Waals surface area contributed by atoms with Crippen LogP contribution in [0, 0.1) is 5.92 Å². The Morgan fingerprint density at radius 3 is 2.37 bits per heavy atom. The van der Waals surface area contributed by atoms with E-state index >= 15 is 0 Å². The van der Waals surface area contributed by atoms with Gasteiger partial charge in [-0.3, -0.25) is 9.59 Å². The number of benzene rings is 1. The molecular weight excluding hydrogens is 388 g/mol. The third-order valence-corrected chi connectivity index (χ3v) is 5.34. The normalized spacial score (nSPS) is 18.2. The average molecular weight is 416 g/mol. The molecule has 0 spiro atoms. The minimum absolute atomic E-state index is 0.0784. The lowest BCUT2D eigenvalue weighted by Crippen LogP contribution is -2.35. The maximum absolute atomic E-state index is 12.9. The summed E-state index contributed by atoms with van der Waals surface area (Å²) >= 11 is 0. The van der Waals surface area contributed by atoms with Crippen LogP contribution in [-0.2, 0) is 4.79 Å². The summed E-state index contributed by atoms with van der Waals surface area (Å²) in [5, 5.41) is 2.96. The Morgan fingerprint density at radius 2 is 1.83 bits per heavy atom. The van der Waals surface area contributed by atoms with Crippen LogP contribution < -0.4 is 19.5 Å². The highest BCUT2D eigenvalue weighted by Crippen LogP contribution is 2.43. The first-order chi connectivity index (χ1) is 14.5. The van der Waals surface area contributed by atoms with E-state index in [1.807, 2.05) is 19.1 Å². The number of amides is 2. The van der Waals surface area contributed by atoms with E-state index in [1.54, 1.807) is 38.4 Å². The lowest BCUT2D eigenvalue weighted by atomic mass is 9.88. The Hall–Kier alpha value is -3.16. The van der Waals surface area contributed by atoms with Crippen LogP contribution in [0.2, 0.25) is 0 Å². The number of rotatable bonds is 8. The van der Waals surface area contributed by atoms with E-state index in [4.69, 9.17) is 18.6 Å². The van der Waals surface area contributed by atoms with Crippen molar-refractivity contribution in [2.24, 2.45) is 5.92 Å². The molecular formula is C22H28N2O6. The molecule has 0 radical (unpaired) electrons. The molecule has 162 valence electrons. The van der Waals surface area contributed by atoms with E-state index in [0.29, 0.717) is 36.9 Å². The van der Waals surface area contributed by atoms with Gasteiger partial charge >= 0.3 is 0 Å². The van der Waals surface area contributed by atoms with Gasteiger partial charge in [-0.25, -0.2) is 0 Å². The maximum Gasteiger partial charge on any atom is 0.289 e. The summed E-state index contributed by atoms with van der Waals surface area (Å²) in [6.45, 7) is 3.26. The zero-order valence-corrected chi connectivity index (χ0v) is 17.8. The number of carbonyl (C=O) groups is 2. The summed E-state index contributed by atoms with van der Waals surface area (Å²) in [4.78, 5) is 27.4. The molecule has 2 heterocycles. The van der Waals surface area contributed by atoms with Crippen molar-refractivity contribution in [3.63, 3.8) is 0 Å². The monoisotopic (exact) mass is 416 g/mol. The van der Waals surface area contributed by atoms with E-state index in [0.717, 1.165) is 12.0 Å². The van der Waals surface area contributed by atoms with Gasteiger partial charge < -0.3 is 28.8 Å². The highest BCUT2D eigenvalue weighted by molar-refractivity contribution is 5.92. The Morgan fingerprint density at radius 1 is 1.13 bits per heavy atom. The minimum Gasteiger partial charge on any atom is -0.493 e. The zero-order valence-electron chi connectivity index (χ0n) is 17.8. The molecule has 2 amide bonds. The van der Waals surface area contributed by atoms with Gasteiger partial charge in [0.2, 0.25) is 11.7 Å². The molecule has 0 aliphatic carbocycles. The van der Waals surface area contributed by atoms with Crippen molar-refractivity contribution in [1.29, 1.82) is 0 Å². The third kappa shape index (κ3) is 4.22. The van der Waals surface area contributed by atoms with E-state index in [-0.39, 0.29) is 23.5 Å². The van der Waals surface area contributed by atoms with Crippen molar-refractivity contribution in [1.82, 2.24) is 10.2 Å². The molecule has 1 N–H and O–H groups in total. The SMILES string of the molecule is CCCNC(=O)[C@@H]1CN(C(=O)c2ccco2)C[C@H]1c1cc(OC)c(OC)c(OC)c1. The van der Waals surface area contributed by atoms with Crippen molar-refractivity contribution in [2.45, 2.75) is 19.3 Å². The predicted octanol–water partition coefficient (Wildman–Crippen LogP) is 2.69. The molecule has 8 nitrogen and oxygen atoms in total. The fraction of sp³-hybridized carbons (Fsp3) is 0.455. The molecule has 0 bridgehead atoms. The summed E-state index contributed by atoms with van der Waals surface area (Å²) in [6.07, 6.45) is 2.30. The number of hydrogen-bond acceptors (Lipinski definition) is 6. The van der Waals surface area contributed by atoms with Gasteiger partial charge in [0.05, 0.1) is 33.5 Å². The number of nitrogens with one attached hydrogen (secondary N) is 1. The summed E-state index contributed by atoms with van der Waals surface area (Å²) in [6, 6.07) is 6.98. The molecule has 0 saturated carbocycles. The first-order valence-corrected chi connectivity index (χ1v) is 9.94. The van der Waals surface area contributed by atoms with Gasteiger partial charge in [-0.15, -0.1) is 0 Å². The molecule has 2 atom stereocenters. The van der Waals surface area contributed by atoms with Gasteiger partial charge in [-0.2, -0.15) is 0 Å². The number of hydrogen-bond donors (Lipinski definition) is 1. The van der Waals surface area contributed by atoms with E-state index in [2.05, 4.69) is 5.32 Å². The summed E-state index contributed by atoms with van der Waals surface area (Å²) in [5.41, 5.74) is 0.843. The van der Waals surface area contributed by atoms with Crippen LogP contribution in [0.5, 0.6) is 17.2 Å². The van der Waals surface area contributed by atoms with Crippen molar-refractivity contribution in [3.8, 4) is 17.2 Å². The summed E-state index contributed by atoms with van der Waals surface area (Å²) in [7, 11) is 4.64. The van der Waals surface area contributed by atoms with Gasteiger partial charge in [-0.1, -0.05) is 6.92 Å². The average Bonchev–Trinajstić information content (AvgIpc) is 3.46. The van der Waals surface area contributed by atoms with Gasteiger partial charge in [0.25, 0.3) is 5.91 Å². The lowest BCUT2D eigenvalue weighted by molar-refractivity contribution is -0.124. The van der Waals surface area contributed by atoms with Gasteiger partial charge in [0.1, 0.15) is 0 Å². The lowest BCUT2D eigenvalue weighted by Gasteiger charge is -2.21. The molecule has 1 aliphatic heterocycles. The van der Waals surface area contributed by atoms with Crippen LogP contribution in [0.3, 0.4) is 0 Å². The number of methoxy groups -OCH3 is 3. The first kappa shape index (κ1) is 21.5. The van der Waals surface area contributed by atoms with Crippen molar-refractivity contribution < 1.29 is 28.2 Å². The van der Waals surface area contributed by atoms with E-state index < -0.39 is 5.92 Å². The minimum atomic E-state index is -0.404. The van der Waals surface area contributed by atoms with Crippen LogP contribution in [0.1, 0.15) is 35.4 Å². The van der Waals surface area contributed by atoms with Crippen molar-refractivity contribution in [2.75, 3.05) is 41.0 Å². The number of carbonyl (C=O) groups excluding carboxylic acids is 2. The van der Waals surface area contributed by atoms with Gasteiger partial charge in [0, 0.05) is 25.6 Å². The second-order valence-corrected chi connectivity index (χ2v) is 7.15. The fourth-order valence-electron chi connectivity index (χ4n) is 3.82. The Bertz CT molecular complexity index is 855. The molecule has 1 aromatic carbocycles. The zero-order chi connectivity index (χ0) is 21.7. The topological polar surface area (TPSA) is 90.2 Å². The molecule has 1 fully saturated rings. The molecule has 30 heavy (non-hydrogen) atoms. The Balaban J connectivity index is 1.96. The molecule has 0 unspecified atom stereocenters. The summed E-state index contributed by atoms with van der Waals surface area (Å²) < 4.78 is 21.6. The quantitative estimate of drug-likeness (QED) is 0.712. The van der Waals surface area contributed by atoms with Crippen LogP contribution in [0.4, 0.5) is 0 Å². The third-order valence-electron chi connectivity index (χ3n) is 5.34. The molecule has 1 saturated heterocycles. The van der Waals surface area contributed by atoms with Gasteiger partial charge in [-0.05, 0) is 36.2 Å². The highest BCUT2D eigenvalue weighted by atomic mass is 16.5. The number of ether oxygens (including phenoxy) is 3. The highest BCUT2D eigenvalue weighted by Gasteiger charge is 2.41. The molecule has 1 aromatic heterocycles. The number of likely N-dealkylation sites (tertiary alicyclic amines) is 1.